The fourth-order valence-electron chi connectivity index (χ4n) is 3.84. The number of aromatic hydroxyl groups is 1. The number of hydrogen-bond acceptors (Lipinski definition) is 2. The number of nitrogens with one attached hydrogen (secondary N) is 2. The molecule has 1 aromatic rings. The predicted octanol–water partition coefficient (Wildman–Crippen LogP) is 6.07. The van der Waals surface area contributed by atoms with Crippen LogP contribution in [-0.4, -0.2) is 11.1 Å². The van der Waals surface area contributed by atoms with Crippen molar-refractivity contribution in [1.82, 2.24) is 10.6 Å². The number of amides is 2. The highest BCUT2D eigenvalue weighted by Crippen LogP contribution is 2.37. The molecule has 1 aromatic carbocycles. The van der Waals surface area contributed by atoms with Crippen molar-refractivity contribution in [3.05, 3.63) is 41.1 Å². The molecule has 0 fully saturated rings. The van der Waals surface area contributed by atoms with Crippen LogP contribution in [0.4, 0.5) is 4.79 Å². The Morgan fingerprint density at radius 3 is 2.54 bits per heavy atom. The molecule has 2 rings (SSSR count). The van der Waals surface area contributed by atoms with E-state index < -0.39 is 0 Å². The van der Waals surface area contributed by atoms with Gasteiger partial charge in [0.05, 0.1) is 6.04 Å². The van der Waals surface area contributed by atoms with Crippen LogP contribution >= 0.6 is 0 Å². The first kappa shape index (κ1) is 22.3. The standard InChI is InChI=1S/C24H38N2O2/c1-7-8-9-17(4)24(5,6)13-12-18-10-11-19(14-21(18)27)22-20(16(2)3)15-25-23(28)26-22/h10-11,14-17,22,27H,7-9,12-13H2,1-6H3,(H2,25,26,28). The first-order valence-corrected chi connectivity index (χ1v) is 10.7. The fourth-order valence-corrected chi connectivity index (χ4v) is 3.84. The Morgan fingerprint density at radius 1 is 1.21 bits per heavy atom. The summed E-state index contributed by atoms with van der Waals surface area (Å²) in [6.07, 6.45) is 7.47. The summed E-state index contributed by atoms with van der Waals surface area (Å²) in [4.78, 5) is 11.8. The van der Waals surface area contributed by atoms with Crippen LogP contribution in [0.1, 0.15) is 84.4 Å². The SMILES string of the molecule is CCCCC(C)C(C)(C)CCc1ccc(C2NC(=O)NC=C2C(C)C)cc1O. The molecule has 0 saturated heterocycles. The van der Waals surface area contributed by atoms with Crippen LogP contribution in [-0.2, 0) is 6.42 Å². The minimum atomic E-state index is -0.208. The highest BCUT2D eigenvalue weighted by atomic mass is 16.3. The highest BCUT2D eigenvalue weighted by Gasteiger charge is 2.27. The normalized spacial score (nSPS) is 18.5. The largest absolute Gasteiger partial charge is 0.508 e. The van der Waals surface area contributed by atoms with Gasteiger partial charge in [0.2, 0.25) is 0 Å². The van der Waals surface area contributed by atoms with Crippen LogP contribution in [0, 0.1) is 17.3 Å². The zero-order valence-corrected chi connectivity index (χ0v) is 18.4. The lowest BCUT2D eigenvalue weighted by Crippen LogP contribution is -2.41. The minimum Gasteiger partial charge on any atom is -0.508 e. The summed E-state index contributed by atoms with van der Waals surface area (Å²) in [5.74, 6) is 1.29. The number of phenols is 1. The van der Waals surface area contributed by atoms with E-state index in [1.807, 2.05) is 18.2 Å². The molecule has 2 unspecified atom stereocenters. The molecular formula is C24H38N2O2. The van der Waals surface area contributed by atoms with E-state index in [0.29, 0.717) is 17.6 Å². The van der Waals surface area contributed by atoms with E-state index in [4.69, 9.17) is 0 Å². The van der Waals surface area contributed by atoms with Crippen LogP contribution < -0.4 is 10.6 Å². The summed E-state index contributed by atoms with van der Waals surface area (Å²) < 4.78 is 0. The van der Waals surface area contributed by atoms with Gasteiger partial charge >= 0.3 is 6.03 Å². The van der Waals surface area contributed by atoms with E-state index in [0.717, 1.165) is 29.5 Å². The molecule has 4 heteroatoms. The summed E-state index contributed by atoms with van der Waals surface area (Å²) in [6, 6.07) is 5.47. The van der Waals surface area contributed by atoms with Gasteiger partial charge in [0.1, 0.15) is 5.75 Å². The van der Waals surface area contributed by atoms with Crippen LogP contribution in [0.3, 0.4) is 0 Å². The van der Waals surface area contributed by atoms with Crippen LogP contribution in [0.5, 0.6) is 5.75 Å². The molecule has 28 heavy (non-hydrogen) atoms. The Kier molecular flexibility index (Phi) is 7.56. The first-order chi connectivity index (χ1) is 13.2. The van der Waals surface area contributed by atoms with Gasteiger partial charge in [-0.15, -0.1) is 0 Å². The van der Waals surface area contributed by atoms with Crippen LogP contribution in [0.2, 0.25) is 0 Å². The number of hydrogen-bond donors (Lipinski definition) is 3. The lowest BCUT2D eigenvalue weighted by molar-refractivity contribution is 0.196. The second-order valence-electron chi connectivity index (χ2n) is 9.27. The molecule has 1 heterocycles. The van der Waals surface area contributed by atoms with Crippen molar-refractivity contribution in [2.45, 2.75) is 79.7 Å². The molecule has 0 bridgehead atoms. The monoisotopic (exact) mass is 386 g/mol. The number of aryl methyl sites for hydroxylation is 1. The maximum absolute atomic E-state index is 11.8. The van der Waals surface area contributed by atoms with Crippen molar-refractivity contribution in [3.8, 4) is 5.75 Å². The van der Waals surface area contributed by atoms with Gasteiger partial charge in [-0.05, 0) is 52.9 Å². The van der Waals surface area contributed by atoms with Crippen LogP contribution in [0.25, 0.3) is 0 Å². The Morgan fingerprint density at radius 2 is 1.93 bits per heavy atom. The first-order valence-electron chi connectivity index (χ1n) is 10.7. The van der Waals surface area contributed by atoms with Gasteiger partial charge in [-0.1, -0.05) is 72.9 Å². The number of carbonyl (C=O) groups is 1. The molecule has 1 aliphatic heterocycles. The average molecular weight is 387 g/mol. The predicted molar refractivity (Wildman–Crippen MR) is 116 cm³/mol. The molecule has 0 spiro atoms. The van der Waals surface area contributed by atoms with E-state index in [1.165, 1.54) is 19.3 Å². The zero-order chi connectivity index (χ0) is 20.9. The maximum atomic E-state index is 11.8. The van der Waals surface area contributed by atoms with Gasteiger partial charge in [-0.3, -0.25) is 0 Å². The number of rotatable bonds is 9. The Labute approximate surface area is 170 Å². The molecule has 2 atom stereocenters. The van der Waals surface area contributed by atoms with Gasteiger partial charge in [-0.2, -0.15) is 0 Å². The number of benzene rings is 1. The summed E-state index contributed by atoms with van der Waals surface area (Å²) in [5.41, 5.74) is 3.26. The second kappa shape index (κ2) is 9.49. The Hall–Kier alpha value is -1.97. The zero-order valence-electron chi connectivity index (χ0n) is 18.4. The van der Waals surface area contributed by atoms with Crippen molar-refractivity contribution in [2.24, 2.45) is 17.3 Å². The van der Waals surface area contributed by atoms with Crippen LogP contribution in [0.15, 0.2) is 30.0 Å². The van der Waals surface area contributed by atoms with E-state index in [1.54, 1.807) is 6.20 Å². The number of carbonyl (C=O) groups excluding carboxylic acids is 1. The lowest BCUT2D eigenvalue weighted by atomic mass is 9.73. The van der Waals surface area contributed by atoms with E-state index >= 15 is 0 Å². The molecule has 0 aromatic heterocycles. The summed E-state index contributed by atoms with van der Waals surface area (Å²) in [6.45, 7) is 13.5. The molecule has 156 valence electrons. The number of unbranched alkanes of at least 4 members (excludes halogenated alkanes) is 1. The second-order valence-corrected chi connectivity index (χ2v) is 9.27. The minimum absolute atomic E-state index is 0.195. The van der Waals surface area contributed by atoms with Crippen molar-refractivity contribution >= 4 is 6.03 Å². The van der Waals surface area contributed by atoms with Crippen molar-refractivity contribution in [1.29, 1.82) is 0 Å². The van der Waals surface area contributed by atoms with Gasteiger partial charge in [0, 0.05) is 6.20 Å². The number of urea groups is 1. The van der Waals surface area contributed by atoms with E-state index in [2.05, 4.69) is 52.2 Å². The molecular weight excluding hydrogens is 348 g/mol. The quantitative estimate of drug-likeness (QED) is 0.482. The van der Waals surface area contributed by atoms with Gasteiger partial charge in [0.15, 0.2) is 0 Å². The smallest absolute Gasteiger partial charge is 0.319 e. The summed E-state index contributed by atoms with van der Waals surface area (Å²) >= 11 is 0. The third-order valence-corrected chi connectivity index (χ3v) is 6.45. The van der Waals surface area contributed by atoms with E-state index in [9.17, 15) is 9.90 Å². The molecule has 4 nitrogen and oxygen atoms in total. The van der Waals surface area contributed by atoms with Crippen molar-refractivity contribution < 1.29 is 9.90 Å². The molecule has 0 saturated carbocycles. The lowest BCUT2D eigenvalue weighted by Gasteiger charge is -2.32. The molecule has 1 aliphatic rings. The van der Waals surface area contributed by atoms with Crippen molar-refractivity contribution in [2.75, 3.05) is 0 Å². The third kappa shape index (κ3) is 5.52. The molecule has 2 amide bonds. The Bertz CT molecular complexity index is 707. The van der Waals surface area contributed by atoms with E-state index in [-0.39, 0.29) is 17.5 Å². The molecule has 0 radical (unpaired) electrons. The maximum Gasteiger partial charge on any atom is 0.319 e. The average Bonchev–Trinajstić information content (AvgIpc) is 2.64. The molecule has 3 N–H and O–H groups in total. The van der Waals surface area contributed by atoms with Crippen molar-refractivity contribution in [3.63, 3.8) is 0 Å². The van der Waals surface area contributed by atoms with Gasteiger partial charge < -0.3 is 15.7 Å². The Balaban J connectivity index is 2.11. The van der Waals surface area contributed by atoms with Gasteiger partial charge in [-0.25, -0.2) is 4.79 Å². The van der Waals surface area contributed by atoms with Gasteiger partial charge in [0.25, 0.3) is 0 Å². The molecule has 0 aliphatic carbocycles. The highest BCUT2D eigenvalue weighted by molar-refractivity contribution is 5.77. The fraction of sp³-hybridized carbons (Fsp3) is 0.625. The number of phenolic OH excluding ortho intramolecular Hbond substituents is 1. The summed E-state index contributed by atoms with van der Waals surface area (Å²) in [7, 11) is 0. The third-order valence-electron chi connectivity index (χ3n) is 6.45. The topological polar surface area (TPSA) is 61.4 Å². The summed E-state index contributed by atoms with van der Waals surface area (Å²) in [5, 5.41) is 16.3.